The molecule has 1 aliphatic rings. The maximum absolute atomic E-state index is 13.0. The molecule has 1 N–H and O–H groups in total. The van der Waals surface area contributed by atoms with Gasteiger partial charge in [0, 0.05) is 0 Å². The van der Waals surface area contributed by atoms with Gasteiger partial charge in [0.15, 0.2) is 0 Å². The van der Waals surface area contributed by atoms with E-state index in [0.29, 0.717) is 5.92 Å². The lowest BCUT2D eigenvalue weighted by atomic mass is 9.91. The first-order valence-electron chi connectivity index (χ1n) is 9.86. The number of hydrogen-bond acceptors (Lipinski definition) is 2. The second-order valence-electron chi connectivity index (χ2n) is 7.89. The van der Waals surface area contributed by atoms with E-state index < -0.39 is 0 Å². The van der Waals surface area contributed by atoms with Gasteiger partial charge < -0.3 is 5.32 Å². The molecule has 0 radical (unpaired) electrons. The molecule has 0 unspecified atom stereocenters. The van der Waals surface area contributed by atoms with Crippen LogP contribution in [0.25, 0.3) is 0 Å². The maximum Gasteiger partial charge on any atom is 0.225 e. The average molecular weight is 361 g/mol. The summed E-state index contributed by atoms with van der Waals surface area (Å²) in [6.45, 7) is 6.43. The van der Waals surface area contributed by atoms with Crippen molar-refractivity contribution in [3.63, 3.8) is 0 Å². The molecule has 1 amide bonds. The molecule has 3 heteroatoms. The van der Waals surface area contributed by atoms with Gasteiger partial charge in [0.2, 0.25) is 5.91 Å². The van der Waals surface area contributed by atoms with Crippen molar-refractivity contribution in [3.8, 4) is 6.07 Å². The van der Waals surface area contributed by atoms with Crippen molar-refractivity contribution >= 4 is 5.91 Å². The first kappa shape index (κ1) is 19.2. The Balaban J connectivity index is 1.92. The lowest BCUT2D eigenvalue weighted by Crippen LogP contribution is -2.36. The summed E-state index contributed by atoms with van der Waals surface area (Å²) in [7, 11) is 0. The van der Waals surface area contributed by atoms with Crippen LogP contribution >= 0.6 is 0 Å². The maximum atomic E-state index is 13.0. The van der Waals surface area contributed by atoms with Gasteiger partial charge in [0.1, 0.15) is 0 Å². The molecule has 2 aromatic rings. The third-order valence-electron chi connectivity index (χ3n) is 5.74. The van der Waals surface area contributed by atoms with E-state index in [1.54, 1.807) is 0 Å². The molecular formula is C24H28N2O. The number of rotatable bonds is 5. The number of benzene rings is 2. The van der Waals surface area contributed by atoms with Crippen molar-refractivity contribution in [2.24, 2.45) is 11.8 Å². The van der Waals surface area contributed by atoms with Crippen LogP contribution in [0.5, 0.6) is 0 Å². The van der Waals surface area contributed by atoms with Crippen molar-refractivity contribution < 1.29 is 4.79 Å². The summed E-state index contributed by atoms with van der Waals surface area (Å²) in [6.07, 6.45) is 2.58. The van der Waals surface area contributed by atoms with Gasteiger partial charge in [0.05, 0.1) is 23.9 Å². The number of nitriles is 1. The van der Waals surface area contributed by atoms with Crippen molar-refractivity contribution in [3.05, 3.63) is 70.8 Å². The lowest BCUT2D eigenvalue weighted by Gasteiger charge is -2.24. The zero-order chi connectivity index (χ0) is 19.4. The summed E-state index contributed by atoms with van der Waals surface area (Å²) in [5.74, 6) is 0.114. The normalized spacial score (nSPS) is 20.3. The monoisotopic (exact) mass is 360 g/mol. The van der Waals surface area contributed by atoms with Crippen LogP contribution in [0.1, 0.15) is 67.3 Å². The lowest BCUT2D eigenvalue weighted by molar-refractivity contribution is -0.126. The highest BCUT2D eigenvalue weighted by atomic mass is 16.2. The number of nitrogens with one attached hydrogen (secondary N) is 1. The number of aryl methyl sites for hydroxylation is 1. The minimum atomic E-state index is -0.198. The molecule has 1 saturated carbocycles. The Hall–Kier alpha value is -2.60. The third-order valence-corrected chi connectivity index (χ3v) is 5.74. The Morgan fingerprint density at radius 2 is 1.74 bits per heavy atom. The minimum absolute atomic E-state index is 0.000221. The van der Waals surface area contributed by atoms with Crippen LogP contribution in [0.2, 0.25) is 0 Å². The molecule has 0 heterocycles. The molecule has 0 bridgehead atoms. The van der Waals surface area contributed by atoms with E-state index >= 15 is 0 Å². The van der Waals surface area contributed by atoms with Gasteiger partial charge in [-0.25, -0.2) is 0 Å². The number of carbonyl (C=O) groups excluding carboxylic acids is 1. The zero-order valence-corrected chi connectivity index (χ0v) is 16.4. The van der Waals surface area contributed by atoms with E-state index in [1.165, 1.54) is 5.56 Å². The number of carbonyl (C=O) groups is 1. The molecule has 3 nitrogen and oxygen atoms in total. The molecule has 0 aromatic heterocycles. The van der Waals surface area contributed by atoms with Crippen LogP contribution in [-0.2, 0) is 4.79 Å². The number of nitrogens with zero attached hydrogens (tertiary/aromatic N) is 1. The molecule has 3 atom stereocenters. The molecule has 3 rings (SSSR count). The first-order chi connectivity index (χ1) is 13.0. The van der Waals surface area contributed by atoms with Crippen LogP contribution in [0, 0.1) is 30.1 Å². The summed E-state index contributed by atoms with van der Waals surface area (Å²) >= 11 is 0. The van der Waals surface area contributed by atoms with E-state index in [4.69, 9.17) is 0 Å². The number of hydrogen-bond donors (Lipinski definition) is 1. The van der Waals surface area contributed by atoms with Crippen LogP contribution < -0.4 is 5.32 Å². The second-order valence-corrected chi connectivity index (χ2v) is 7.89. The molecule has 0 spiro atoms. The zero-order valence-electron chi connectivity index (χ0n) is 16.4. The molecule has 1 aliphatic carbocycles. The smallest absolute Gasteiger partial charge is 0.225 e. The first-order valence-corrected chi connectivity index (χ1v) is 9.86. The van der Waals surface area contributed by atoms with Gasteiger partial charge in [-0.2, -0.15) is 5.26 Å². The fourth-order valence-electron chi connectivity index (χ4n) is 4.00. The third kappa shape index (κ3) is 4.22. The molecular weight excluding hydrogens is 332 g/mol. The Labute approximate surface area is 162 Å². The van der Waals surface area contributed by atoms with E-state index in [-0.39, 0.29) is 23.8 Å². The Morgan fingerprint density at radius 1 is 1.07 bits per heavy atom. The highest BCUT2D eigenvalue weighted by molar-refractivity contribution is 5.80. The van der Waals surface area contributed by atoms with E-state index in [9.17, 15) is 10.1 Å². The van der Waals surface area contributed by atoms with Crippen molar-refractivity contribution in [1.82, 2.24) is 5.32 Å². The summed E-state index contributed by atoms with van der Waals surface area (Å²) in [5.41, 5.74) is 4.62. The van der Waals surface area contributed by atoms with Gasteiger partial charge in [-0.15, -0.1) is 0 Å². The van der Waals surface area contributed by atoms with Crippen molar-refractivity contribution in [1.29, 1.82) is 5.26 Å². The van der Waals surface area contributed by atoms with Gasteiger partial charge in [-0.1, -0.05) is 68.8 Å². The van der Waals surface area contributed by atoms with Crippen LogP contribution in [-0.4, -0.2) is 5.91 Å². The van der Waals surface area contributed by atoms with Gasteiger partial charge in [-0.05, 0) is 47.9 Å². The fraction of sp³-hybridized carbons (Fsp3) is 0.417. The van der Waals surface area contributed by atoms with Crippen molar-refractivity contribution in [2.45, 2.75) is 52.0 Å². The van der Waals surface area contributed by atoms with Gasteiger partial charge in [-0.3, -0.25) is 4.79 Å². The standard InChI is InChI=1S/C24H28N2O/c1-16(2)18-11-13-19(14-12-18)23(21-9-5-4-7-17(21)3)26-24(27)22-10-6-8-20(22)15-25/h4-5,7,9,11-14,16,20,22-23H,6,8,10H2,1-3H3,(H,26,27)/t20-,22-,23-/m1/s1. The molecule has 140 valence electrons. The van der Waals surface area contributed by atoms with Gasteiger partial charge >= 0.3 is 0 Å². The highest BCUT2D eigenvalue weighted by Crippen LogP contribution is 2.33. The molecule has 1 fully saturated rings. The van der Waals surface area contributed by atoms with Crippen LogP contribution in [0.4, 0.5) is 0 Å². The Morgan fingerprint density at radius 3 is 2.37 bits per heavy atom. The van der Waals surface area contributed by atoms with E-state index in [1.807, 2.05) is 12.1 Å². The topological polar surface area (TPSA) is 52.9 Å². The minimum Gasteiger partial charge on any atom is -0.345 e. The van der Waals surface area contributed by atoms with Crippen LogP contribution in [0.3, 0.4) is 0 Å². The predicted octanol–water partition coefficient (Wildman–Crippen LogP) is 5.26. The van der Waals surface area contributed by atoms with Crippen LogP contribution in [0.15, 0.2) is 48.5 Å². The molecule has 0 aliphatic heterocycles. The molecule has 2 aromatic carbocycles. The summed E-state index contributed by atoms with van der Waals surface area (Å²) in [6, 6.07) is 18.8. The molecule has 27 heavy (non-hydrogen) atoms. The predicted molar refractivity (Wildman–Crippen MR) is 108 cm³/mol. The average Bonchev–Trinajstić information content (AvgIpc) is 3.16. The SMILES string of the molecule is Cc1ccccc1[C@H](NC(=O)[C@@H]1CCC[C@@H]1C#N)c1ccc(C(C)C)cc1. The molecule has 0 saturated heterocycles. The Kier molecular flexibility index (Phi) is 5.96. The van der Waals surface area contributed by atoms with E-state index in [0.717, 1.165) is 36.0 Å². The van der Waals surface area contributed by atoms with Gasteiger partial charge in [0.25, 0.3) is 0 Å². The summed E-state index contributed by atoms with van der Waals surface area (Å²) in [4.78, 5) is 13.0. The van der Waals surface area contributed by atoms with Crippen molar-refractivity contribution in [2.75, 3.05) is 0 Å². The second kappa shape index (κ2) is 8.39. The van der Waals surface area contributed by atoms with E-state index in [2.05, 4.69) is 68.6 Å². The fourth-order valence-corrected chi connectivity index (χ4v) is 4.00. The quantitative estimate of drug-likeness (QED) is 0.790. The Bertz CT molecular complexity index is 832. The number of amides is 1. The largest absolute Gasteiger partial charge is 0.345 e. The summed E-state index contributed by atoms with van der Waals surface area (Å²) < 4.78 is 0. The highest BCUT2D eigenvalue weighted by Gasteiger charge is 2.34. The summed E-state index contributed by atoms with van der Waals surface area (Å²) in [5, 5.41) is 12.6.